The van der Waals surface area contributed by atoms with Crippen LogP contribution in [0.5, 0.6) is 0 Å². The number of hydrogen-bond donors (Lipinski definition) is 0. The van der Waals surface area contributed by atoms with Crippen molar-refractivity contribution >= 4 is 6.29 Å². The molecule has 1 heterocycles. The summed E-state index contributed by atoms with van der Waals surface area (Å²) in [6, 6.07) is 3.55. The van der Waals surface area contributed by atoms with Gasteiger partial charge in [0.15, 0.2) is 6.29 Å². The predicted molar refractivity (Wildman–Crippen MR) is 45.7 cm³/mol. The van der Waals surface area contributed by atoms with Crippen molar-refractivity contribution in [3.8, 4) is 0 Å². The van der Waals surface area contributed by atoms with E-state index in [4.69, 9.17) is 0 Å². The second kappa shape index (κ2) is 5.59. The summed E-state index contributed by atoms with van der Waals surface area (Å²) in [5.74, 6) is 0. The Morgan fingerprint density at radius 1 is 1.36 bits per heavy atom. The van der Waals surface area contributed by atoms with E-state index in [1.807, 2.05) is 26.8 Å². The number of aryl methyl sites for hydroxylation is 1. The van der Waals surface area contributed by atoms with E-state index in [-0.39, 0.29) is 0 Å². The third-order valence-corrected chi connectivity index (χ3v) is 1.07. The summed E-state index contributed by atoms with van der Waals surface area (Å²) in [7, 11) is 0. The van der Waals surface area contributed by atoms with E-state index < -0.39 is 0 Å². The fraction of sp³-hybridized carbons (Fsp3) is 0.333. The Morgan fingerprint density at radius 2 is 2.00 bits per heavy atom. The number of hydrogen-bond acceptors (Lipinski definition) is 2. The van der Waals surface area contributed by atoms with Crippen molar-refractivity contribution in [1.82, 2.24) is 4.98 Å². The minimum Gasteiger partial charge on any atom is -0.298 e. The molecule has 0 amide bonds. The van der Waals surface area contributed by atoms with Gasteiger partial charge in [0.05, 0.1) is 0 Å². The molecule has 0 spiro atoms. The van der Waals surface area contributed by atoms with Crippen LogP contribution in [-0.4, -0.2) is 11.3 Å². The highest BCUT2D eigenvalue weighted by Gasteiger charge is 1.86. The minimum atomic E-state index is 0.626. The van der Waals surface area contributed by atoms with E-state index in [1.54, 1.807) is 12.3 Å². The number of nitrogens with zero attached hydrogens (tertiary/aromatic N) is 1. The average Bonchev–Trinajstić information content (AvgIpc) is 2.10. The zero-order chi connectivity index (χ0) is 8.69. The third kappa shape index (κ3) is 3.50. The van der Waals surface area contributed by atoms with Crippen molar-refractivity contribution in [2.24, 2.45) is 0 Å². The van der Waals surface area contributed by atoms with Crippen molar-refractivity contribution in [3.63, 3.8) is 0 Å². The van der Waals surface area contributed by atoms with Crippen LogP contribution < -0.4 is 0 Å². The molecule has 0 N–H and O–H groups in total. The molecular formula is C9H13NO. The van der Waals surface area contributed by atoms with Crippen LogP contribution in [0.4, 0.5) is 0 Å². The Bertz CT molecular complexity index is 203. The highest BCUT2D eigenvalue weighted by atomic mass is 16.1. The first kappa shape index (κ1) is 9.82. The quantitative estimate of drug-likeness (QED) is 0.576. The van der Waals surface area contributed by atoms with Crippen molar-refractivity contribution in [1.29, 1.82) is 0 Å². The Kier molecular flexibility index (Phi) is 4.99. The fourth-order valence-electron chi connectivity index (χ4n) is 0.549. The number of carbonyl (C=O) groups excluding carboxylic acids is 1. The second-order valence-corrected chi connectivity index (χ2v) is 1.85. The molecule has 2 heteroatoms. The number of pyridine rings is 1. The number of aromatic nitrogens is 1. The Morgan fingerprint density at radius 3 is 2.36 bits per heavy atom. The molecule has 0 radical (unpaired) electrons. The van der Waals surface area contributed by atoms with E-state index in [0.29, 0.717) is 5.56 Å². The molecular weight excluding hydrogens is 138 g/mol. The van der Waals surface area contributed by atoms with Gasteiger partial charge in [-0.2, -0.15) is 0 Å². The van der Waals surface area contributed by atoms with Gasteiger partial charge in [0.25, 0.3) is 0 Å². The molecule has 0 aliphatic heterocycles. The topological polar surface area (TPSA) is 30.0 Å². The summed E-state index contributed by atoms with van der Waals surface area (Å²) in [5.41, 5.74) is 1.56. The molecule has 1 aromatic heterocycles. The van der Waals surface area contributed by atoms with Gasteiger partial charge in [-0.3, -0.25) is 9.78 Å². The molecule has 0 saturated carbocycles. The van der Waals surface area contributed by atoms with Crippen molar-refractivity contribution in [3.05, 3.63) is 29.6 Å². The van der Waals surface area contributed by atoms with Gasteiger partial charge in [-0.15, -0.1) is 0 Å². The van der Waals surface area contributed by atoms with Crippen LogP contribution in [0.25, 0.3) is 0 Å². The fourth-order valence-corrected chi connectivity index (χ4v) is 0.549. The van der Waals surface area contributed by atoms with Crippen molar-refractivity contribution in [2.75, 3.05) is 0 Å². The van der Waals surface area contributed by atoms with Gasteiger partial charge >= 0.3 is 0 Å². The molecule has 11 heavy (non-hydrogen) atoms. The summed E-state index contributed by atoms with van der Waals surface area (Å²) in [4.78, 5) is 14.0. The van der Waals surface area contributed by atoms with Crippen LogP contribution in [0.3, 0.4) is 0 Å². The number of rotatable bonds is 1. The first-order valence-corrected chi connectivity index (χ1v) is 3.71. The molecule has 0 saturated heterocycles. The standard InChI is InChI=1S/C7H7NO.C2H6/c1-6-2-3-7(5-9)4-8-6;1-2/h2-5H,1H3;1-2H3. The van der Waals surface area contributed by atoms with E-state index >= 15 is 0 Å². The van der Waals surface area contributed by atoms with Gasteiger partial charge in [-0.1, -0.05) is 13.8 Å². The Balaban J connectivity index is 0.000000461. The molecule has 1 rings (SSSR count). The van der Waals surface area contributed by atoms with Gasteiger partial charge in [0, 0.05) is 17.5 Å². The van der Waals surface area contributed by atoms with Crippen LogP contribution in [0.2, 0.25) is 0 Å². The highest BCUT2D eigenvalue weighted by Crippen LogP contribution is 1.94. The van der Waals surface area contributed by atoms with Gasteiger partial charge in [0.2, 0.25) is 0 Å². The van der Waals surface area contributed by atoms with E-state index in [0.717, 1.165) is 12.0 Å². The molecule has 2 nitrogen and oxygen atoms in total. The molecule has 0 aliphatic carbocycles. The molecule has 0 atom stereocenters. The van der Waals surface area contributed by atoms with Gasteiger partial charge < -0.3 is 0 Å². The van der Waals surface area contributed by atoms with Gasteiger partial charge in [-0.25, -0.2) is 0 Å². The average molecular weight is 151 g/mol. The molecule has 60 valence electrons. The summed E-state index contributed by atoms with van der Waals surface area (Å²) >= 11 is 0. The second-order valence-electron chi connectivity index (χ2n) is 1.85. The maximum atomic E-state index is 10.1. The maximum absolute atomic E-state index is 10.1. The monoisotopic (exact) mass is 151 g/mol. The summed E-state index contributed by atoms with van der Waals surface area (Å²) in [5, 5.41) is 0. The number of aldehydes is 1. The zero-order valence-corrected chi connectivity index (χ0v) is 7.16. The SMILES string of the molecule is CC.Cc1ccc(C=O)cn1. The molecule has 0 bridgehead atoms. The molecule has 0 aliphatic rings. The van der Waals surface area contributed by atoms with Crippen LogP contribution in [0.15, 0.2) is 18.3 Å². The van der Waals surface area contributed by atoms with E-state index in [9.17, 15) is 4.79 Å². The minimum absolute atomic E-state index is 0.626. The molecule has 0 aromatic carbocycles. The first-order chi connectivity index (χ1) is 5.33. The van der Waals surface area contributed by atoms with Crippen LogP contribution in [0.1, 0.15) is 29.9 Å². The lowest BCUT2D eigenvalue weighted by Gasteiger charge is -1.88. The molecule has 0 unspecified atom stereocenters. The Labute approximate surface area is 67.3 Å². The van der Waals surface area contributed by atoms with E-state index in [1.165, 1.54) is 0 Å². The Hall–Kier alpha value is -1.18. The highest BCUT2D eigenvalue weighted by molar-refractivity contribution is 5.73. The van der Waals surface area contributed by atoms with Gasteiger partial charge in [-0.05, 0) is 19.1 Å². The van der Waals surface area contributed by atoms with Gasteiger partial charge in [0.1, 0.15) is 0 Å². The molecule has 0 fully saturated rings. The first-order valence-electron chi connectivity index (χ1n) is 3.71. The summed E-state index contributed by atoms with van der Waals surface area (Å²) < 4.78 is 0. The lowest BCUT2D eigenvalue weighted by atomic mass is 10.3. The van der Waals surface area contributed by atoms with E-state index in [2.05, 4.69) is 4.98 Å². The summed E-state index contributed by atoms with van der Waals surface area (Å²) in [6.45, 7) is 5.88. The predicted octanol–water partition coefficient (Wildman–Crippen LogP) is 2.23. The maximum Gasteiger partial charge on any atom is 0.151 e. The normalized spacial score (nSPS) is 7.91. The lowest BCUT2D eigenvalue weighted by molar-refractivity contribution is 0.112. The largest absolute Gasteiger partial charge is 0.298 e. The van der Waals surface area contributed by atoms with Crippen LogP contribution in [-0.2, 0) is 0 Å². The molecule has 1 aromatic rings. The smallest absolute Gasteiger partial charge is 0.151 e. The zero-order valence-electron chi connectivity index (χ0n) is 7.16. The lowest BCUT2D eigenvalue weighted by Crippen LogP contribution is -1.82. The number of carbonyl (C=O) groups is 1. The third-order valence-electron chi connectivity index (χ3n) is 1.07. The van der Waals surface area contributed by atoms with Crippen molar-refractivity contribution < 1.29 is 4.79 Å². The van der Waals surface area contributed by atoms with Crippen molar-refractivity contribution in [2.45, 2.75) is 20.8 Å². The van der Waals surface area contributed by atoms with Crippen LogP contribution >= 0.6 is 0 Å². The summed E-state index contributed by atoms with van der Waals surface area (Å²) in [6.07, 6.45) is 2.34. The van der Waals surface area contributed by atoms with Crippen LogP contribution in [0, 0.1) is 6.92 Å².